The minimum Gasteiger partial charge on any atom is -0.464 e. The van der Waals surface area contributed by atoms with Crippen molar-refractivity contribution in [1.82, 2.24) is 0 Å². The molecular weight excluding hydrogens is 202 g/mol. The van der Waals surface area contributed by atoms with Crippen LogP contribution in [-0.4, -0.2) is 25.2 Å². The lowest BCUT2D eigenvalue weighted by Crippen LogP contribution is -2.49. The van der Waals surface area contributed by atoms with Crippen LogP contribution in [0.25, 0.3) is 0 Å². The van der Waals surface area contributed by atoms with Gasteiger partial charge in [0.2, 0.25) is 0 Å². The van der Waals surface area contributed by atoms with Crippen molar-refractivity contribution in [2.45, 2.75) is 26.3 Å². The number of carbonyl (C=O) groups is 1. The van der Waals surface area contributed by atoms with Crippen molar-refractivity contribution in [2.75, 3.05) is 18.6 Å². The van der Waals surface area contributed by atoms with Crippen LogP contribution in [0.15, 0.2) is 30.3 Å². The summed E-state index contributed by atoms with van der Waals surface area (Å²) in [6.45, 7) is 5.94. The van der Waals surface area contributed by atoms with Gasteiger partial charge in [-0.2, -0.15) is 0 Å². The second-order valence-electron chi connectivity index (χ2n) is 4.17. The van der Waals surface area contributed by atoms with E-state index in [9.17, 15) is 4.79 Å². The summed E-state index contributed by atoms with van der Waals surface area (Å²) in [4.78, 5) is 13.7. The molecule has 1 rings (SSSR count). The first-order valence-electron chi connectivity index (χ1n) is 5.46. The van der Waals surface area contributed by atoms with Crippen LogP contribution in [0.1, 0.15) is 20.8 Å². The molecule has 1 aromatic carbocycles. The van der Waals surface area contributed by atoms with Crippen LogP contribution in [0, 0.1) is 0 Å². The number of esters is 1. The minimum atomic E-state index is -0.655. The van der Waals surface area contributed by atoms with E-state index in [0.717, 1.165) is 5.69 Å². The number of nitrogens with zero attached hydrogens (tertiary/aromatic N) is 1. The van der Waals surface area contributed by atoms with Gasteiger partial charge in [0.25, 0.3) is 0 Å². The highest BCUT2D eigenvalue weighted by atomic mass is 16.5. The summed E-state index contributed by atoms with van der Waals surface area (Å²) in [7, 11) is 1.90. The van der Waals surface area contributed by atoms with E-state index in [0.29, 0.717) is 6.61 Å². The van der Waals surface area contributed by atoms with E-state index in [4.69, 9.17) is 4.74 Å². The summed E-state index contributed by atoms with van der Waals surface area (Å²) in [5.74, 6) is -0.207. The van der Waals surface area contributed by atoms with Crippen molar-refractivity contribution < 1.29 is 9.53 Å². The van der Waals surface area contributed by atoms with Crippen molar-refractivity contribution in [2.24, 2.45) is 0 Å². The lowest BCUT2D eigenvalue weighted by Gasteiger charge is -2.34. The summed E-state index contributed by atoms with van der Waals surface area (Å²) < 4.78 is 5.07. The van der Waals surface area contributed by atoms with Gasteiger partial charge in [-0.15, -0.1) is 0 Å². The predicted octanol–water partition coefficient (Wildman–Crippen LogP) is 2.46. The number of carbonyl (C=O) groups excluding carboxylic acids is 1. The molecule has 0 radical (unpaired) electrons. The normalized spacial score (nSPS) is 11.0. The Bertz CT molecular complexity index is 346. The van der Waals surface area contributed by atoms with Gasteiger partial charge in [0.1, 0.15) is 5.54 Å². The van der Waals surface area contributed by atoms with Gasteiger partial charge in [0.05, 0.1) is 6.61 Å². The number of ether oxygens (including phenoxy) is 1. The molecule has 1 aromatic rings. The Balaban J connectivity index is 2.87. The predicted molar refractivity (Wildman–Crippen MR) is 65.6 cm³/mol. The van der Waals surface area contributed by atoms with Crippen molar-refractivity contribution in [3.63, 3.8) is 0 Å². The van der Waals surface area contributed by atoms with Crippen LogP contribution >= 0.6 is 0 Å². The Morgan fingerprint density at radius 3 is 2.38 bits per heavy atom. The molecular formula is C13H19NO2. The Kier molecular flexibility index (Phi) is 3.93. The van der Waals surface area contributed by atoms with Crippen LogP contribution in [0.2, 0.25) is 0 Å². The van der Waals surface area contributed by atoms with Crippen molar-refractivity contribution >= 4 is 11.7 Å². The van der Waals surface area contributed by atoms with E-state index < -0.39 is 5.54 Å². The smallest absolute Gasteiger partial charge is 0.331 e. The standard InChI is InChI=1S/C13H19NO2/c1-5-16-12(15)13(2,3)14(4)11-9-7-6-8-10-11/h6-10H,5H2,1-4H3. The molecule has 0 bridgehead atoms. The zero-order valence-electron chi connectivity index (χ0n) is 10.4. The molecule has 3 nitrogen and oxygen atoms in total. The van der Waals surface area contributed by atoms with Gasteiger partial charge in [-0.3, -0.25) is 0 Å². The Labute approximate surface area is 97.0 Å². The van der Waals surface area contributed by atoms with Crippen LogP contribution in [0.5, 0.6) is 0 Å². The zero-order chi connectivity index (χ0) is 12.2. The van der Waals surface area contributed by atoms with E-state index in [1.807, 2.05) is 63.1 Å². The quantitative estimate of drug-likeness (QED) is 0.731. The fraction of sp³-hybridized carbons (Fsp3) is 0.462. The largest absolute Gasteiger partial charge is 0.464 e. The maximum Gasteiger partial charge on any atom is 0.331 e. The number of benzene rings is 1. The average molecular weight is 221 g/mol. The zero-order valence-corrected chi connectivity index (χ0v) is 10.4. The third kappa shape index (κ3) is 2.54. The van der Waals surface area contributed by atoms with E-state index in [1.54, 1.807) is 0 Å². The molecule has 0 saturated heterocycles. The molecule has 0 heterocycles. The fourth-order valence-corrected chi connectivity index (χ4v) is 1.42. The summed E-state index contributed by atoms with van der Waals surface area (Å²) >= 11 is 0. The first kappa shape index (κ1) is 12.6. The average Bonchev–Trinajstić information content (AvgIpc) is 2.29. The third-order valence-electron chi connectivity index (χ3n) is 2.76. The number of anilines is 1. The Morgan fingerprint density at radius 2 is 1.88 bits per heavy atom. The number of rotatable bonds is 4. The van der Waals surface area contributed by atoms with E-state index >= 15 is 0 Å². The summed E-state index contributed by atoms with van der Waals surface area (Å²) in [5.41, 5.74) is 0.345. The molecule has 0 aromatic heterocycles. The Hall–Kier alpha value is -1.51. The number of para-hydroxylation sites is 1. The maximum absolute atomic E-state index is 11.8. The summed E-state index contributed by atoms with van der Waals surface area (Å²) in [5, 5.41) is 0. The highest BCUT2D eigenvalue weighted by molar-refractivity contribution is 5.84. The van der Waals surface area contributed by atoms with E-state index in [2.05, 4.69) is 0 Å². The Morgan fingerprint density at radius 1 is 1.31 bits per heavy atom. The number of hydrogen-bond acceptors (Lipinski definition) is 3. The summed E-state index contributed by atoms with van der Waals surface area (Å²) in [6, 6.07) is 9.80. The second kappa shape index (κ2) is 5.01. The van der Waals surface area contributed by atoms with Gasteiger partial charge in [-0.1, -0.05) is 18.2 Å². The first-order valence-corrected chi connectivity index (χ1v) is 5.46. The third-order valence-corrected chi connectivity index (χ3v) is 2.76. The van der Waals surface area contributed by atoms with E-state index in [1.165, 1.54) is 0 Å². The molecule has 88 valence electrons. The molecule has 0 fully saturated rings. The van der Waals surface area contributed by atoms with Crippen LogP contribution in [0.3, 0.4) is 0 Å². The van der Waals surface area contributed by atoms with Gasteiger partial charge in [0, 0.05) is 12.7 Å². The molecule has 16 heavy (non-hydrogen) atoms. The topological polar surface area (TPSA) is 29.5 Å². The lowest BCUT2D eigenvalue weighted by molar-refractivity contribution is -0.148. The van der Waals surface area contributed by atoms with Crippen LogP contribution < -0.4 is 4.90 Å². The number of hydrogen-bond donors (Lipinski definition) is 0. The molecule has 0 aliphatic rings. The lowest BCUT2D eigenvalue weighted by atomic mass is 10.0. The van der Waals surface area contributed by atoms with Gasteiger partial charge >= 0.3 is 5.97 Å². The molecule has 0 saturated carbocycles. The molecule has 0 unspecified atom stereocenters. The number of likely N-dealkylation sites (N-methyl/N-ethyl adjacent to an activating group) is 1. The minimum absolute atomic E-state index is 0.207. The highest BCUT2D eigenvalue weighted by Crippen LogP contribution is 2.22. The molecule has 0 aliphatic heterocycles. The molecule has 0 aliphatic carbocycles. The van der Waals surface area contributed by atoms with Gasteiger partial charge < -0.3 is 9.64 Å². The van der Waals surface area contributed by atoms with Crippen LogP contribution in [0.4, 0.5) is 5.69 Å². The van der Waals surface area contributed by atoms with E-state index in [-0.39, 0.29) is 5.97 Å². The van der Waals surface area contributed by atoms with Gasteiger partial charge in [-0.05, 0) is 32.9 Å². The van der Waals surface area contributed by atoms with Crippen molar-refractivity contribution in [3.05, 3.63) is 30.3 Å². The van der Waals surface area contributed by atoms with Gasteiger partial charge in [-0.25, -0.2) is 4.79 Å². The molecule has 0 atom stereocenters. The monoisotopic (exact) mass is 221 g/mol. The van der Waals surface area contributed by atoms with Crippen molar-refractivity contribution in [1.29, 1.82) is 0 Å². The first-order chi connectivity index (χ1) is 7.50. The fourth-order valence-electron chi connectivity index (χ4n) is 1.42. The molecule has 0 spiro atoms. The van der Waals surface area contributed by atoms with Crippen LogP contribution in [-0.2, 0) is 9.53 Å². The molecule has 0 N–H and O–H groups in total. The van der Waals surface area contributed by atoms with Gasteiger partial charge in [0.15, 0.2) is 0 Å². The second-order valence-corrected chi connectivity index (χ2v) is 4.17. The molecule has 0 amide bonds. The summed E-state index contributed by atoms with van der Waals surface area (Å²) in [6.07, 6.45) is 0. The maximum atomic E-state index is 11.8. The van der Waals surface area contributed by atoms with Crippen molar-refractivity contribution in [3.8, 4) is 0 Å². The molecule has 3 heteroatoms. The highest BCUT2D eigenvalue weighted by Gasteiger charge is 2.33. The SMILES string of the molecule is CCOC(=O)C(C)(C)N(C)c1ccccc1.